The first-order chi connectivity index (χ1) is 22.2. The highest BCUT2D eigenvalue weighted by atomic mass is 32.1. The highest BCUT2D eigenvalue weighted by Gasteiger charge is 2.18. The molecule has 0 saturated heterocycles. The number of allylic oxidation sites excluding steroid dienone is 2. The Labute approximate surface area is 292 Å². The summed E-state index contributed by atoms with van der Waals surface area (Å²) in [4.78, 5) is 16.1. The Morgan fingerprint density at radius 1 is 0.587 bits per heavy atom. The predicted octanol–water partition coefficient (Wildman–Crippen LogP) is 13.3. The molecule has 0 saturated carbocycles. The molecule has 0 bridgehead atoms. The van der Waals surface area contributed by atoms with Crippen molar-refractivity contribution < 1.29 is 0 Å². The van der Waals surface area contributed by atoms with Crippen LogP contribution in [-0.2, 0) is 12.8 Å². The second kappa shape index (κ2) is 13.5. The quantitative estimate of drug-likeness (QED) is 0.111. The van der Waals surface area contributed by atoms with Crippen LogP contribution in [0.15, 0.2) is 47.8 Å². The number of hydrogen-bond acceptors (Lipinski definition) is 8. The lowest BCUT2D eigenvalue weighted by Crippen LogP contribution is -1.93. The third-order valence-corrected chi connectivity index (χ3v) is 14.5. The molecule has 10 heteroatoms. The van der Waals surface area contributed by atoms with Crippen molar-refractivity contribution in [3.63, 3.8) is 0 Å². The number of thiophene rings is 6. The third kappa shape index (κ3) is 6.66. The van der Waals surface area contributed by atoms with Crippen LogP contribution in [-0.4, -0.2) is 0 Å². The van der Waals surface area contributed by atoms with Gasteiger partial charge in [0.15, 0.2) is 0 Å². The number of fused-ring (bicyclic) bond motifs is 2. The summed E-state index contributed by atoms with van der Waals surface area (Å²) >= 11 is 10.6. The molecular weight excluding hydrogens is 681 g/mol. The van der Waals surface area contributed by atoms with Crippen LogP contribution in [0.25, 0.3) is 69.9 Å². The van der Waals surface area contributed by atoms with Crippen molar-refractivity contribution in [2.75, 3.05) is 0 Å². The van der Waals surface area contributed by atoms with E-state index in [0.717, 1.165) is 22.6 Å². The standard InChI is InChI=1S/C36H26N4S6/c1-19(2)7-21-9-27(41-25(21)11-23(17-37)39-5)29-13-31-33(43-29)15-35(45-31)36-16-34-32(46-36)14-30(44-34)28-10-22(8-20(3)4)26(42-28)12-24(18-38)40-6/h9-16,19-20H,7-8H2,1-4H3/b23-11-,24-12+. The van der Waals surface area contributed by atoms with Crippen molar-refractivity contribution in [1.29, 1.82) is 10.5 Å². The lowest BCUT2D eigenvalue weighted by Gasteiger charge is -2.03. The number of nitrogens with zero attached hydrogens (tertiary/aromatic N) is 4. The first-order valence-electron chi connectivity index (χ1n) is 14.5. The van der Waals surface area contributed by atoms with Gasteiger partial charge in [0, 0.05) is 57.8 Å². The third-order valence-electron chi connectivity index (χ3n) is 7.09. The summed E-state index contributed by atoms with van der Waals surface area (Å²) < 4.78 is 5.09. The van der Waals surface area contributed by atoms with Crippen LogP contribution < -0.4 is 0 Å². The van der Waals surface area contributed by atoms with Crippen molar-refractivity contribution in [2.24, 2.45) is 11.8 Å². The molecule has 0 aromatic carbocycles. The summed E-state index contributed by atoms with van der Waals surface area (Å²) in [5, 5.41) is 18.6. The second-order valence-corrected chi connectivity index (χ2v) is 18.1. The predicted molar refractivity (Wildman–Crippen MR) is 202 cm³/mol. The van der Waals surface area contributed by atoms with Gasteiger partial charge in [0.25, 0.3) is 11.4 Å². The van der Waals surface area contributed by atoms with E-state index >= 15 is 0 Å². The van der Waals surface area contributed by atoms with E-state index in [2.05, 4.69) is 73.8 Å². The Morgan fingerprint density at radius 3 is 1.15 bits per heavy atom. The molecule has 0 fully saturated rings. The van der Waals surface area contributed by atoms with Gasteiger partial charge in [0.2, 0.25) is 0 Å². The molecule has 6 aromatic heterocycles. The Morgan fingerprint density at radius 2 is 0.891 bits per heavy atom. The molecule has 6 rings (SSSR count). The zero-order valence-electron chi connectivity index (χ0n) is 25.4. The summed E-state index contributed by atoms with van der Waals surface area (Å²) in [6.07, 6.45) is 5.29. The van der Waals surface area contributed by atoms with Crippen LogP contribution in [0.4, 0.5) is 0 Å². The van der Waals surface area contributed by atoms with Gasteiger partial charge in [0.05, 0.1) is 25.3 Å². The van der Waals surface area contributed by atoms with Crippen LogP contribution in [0.1, 0.15) is 48.6 Å². The fraction of sp³-hybridized carbons (Fsp3) is 0.222. The van der Waals surface area contributed by atoms with Gasteiger partial charge in [-0.1, -0.05) is 27.7 Å². The molecule has 46 heavy (non-hydrogen) atoms. The number of rotatable bonds is 9. The van der Waals surface area contributed by atoms with Gasteiger partial charge in [-0.05, 0) is 84.4 Å². The summed E-state index contributed by atoms with van der Waals surface area (Å²) in [5.41, 5.74) is 2.64. The second-order valence-electron chi connectivity index (χ2n) is 11.6. The lowest BCUT2D eigenvalue weighted by atomic mass is 10.0. The first kappa shape index (κ1) is 32.1. The summed E-state index contributed by atoms with van der Waals surface area (Å²) in [6.45, 7) is 23.3. The van der Waals surface area contributed by atoms with Gasteiger partial charge < -0.3 is 0 Å². The van der Waals surface area contributed by atoms with Gasteiger partial charge in [-0.3, -0.25) is 0 Å². The van der Waals surface area contributed by atoms with Crippen molar-refractivity contribution in [3.05, 3.63) is 91.5 Å². The normalized spacial score (nSPS) is 12.2. The van der Waals surface area contributed by atoms with Crippen LogP contribution in [0, 0.1) is 47.6 Å². The maximum atomic E-state index is 9.31. The van der Waals surface area contributed by atoms with Gasteiger partial charge in [-0.15, -0.1) is 68.0 Å². The van der Waals surface area contributed by atoms with E-state index in [4.69, 9.17) is 13.1 Å². The fourth-order valence-corrected chi connectivity index (χ4v) is 12.4. The average molecular weight is 707 g/mol. The van der Waals surface area contributed by atoms with Crippen LogP contribution >= 0.6 is 68.0 Å². The minimum Gasteiger partial charge on any atom is -0.227 e. The van der Waals surface area contributed by atoms with Crippen LogP contribution in [0.2, 0.25) is 0 Å². The molecule has 0 spiro atoms. The lowest BCUT2D eigenvalue weighted by molar-refractivity contribution is 0.648. The van der Waals surface area contributed by atoms with Crippen molar-refractivity contribution in [1.82, 2.24) is 0 Å². The van der Waals surface area contributed by atoms with Crippen molar-refractivity contribution >= 4 is 99.0 Å². The fourth-order valence-electron chi connectivity index (χ4n) is 5.16. The van der Waals surface area contributed by atoms with E-state index < -0.39 is 0 Å². The molecule has 0 atom stereocenters. The molecular formula is C36H26N4S6. The van der Waals surface area contributed by atoms with E-state index in [1.54, 1.807) is 57.5 Å². The van der Waals surface area contributed by atoms with E-state index in [1.165, 1.54) is 59.2 Å². The highest BCUT2D eigenvalue weighted by molar-refractivity contribution is 7.36. The van der Waals surface area contributed by atoms with Crippen LogP contribution in [0.5, 0.6) is 0 Å². The molecule has 0 radical (unpaired) electrons. The number of nitriles is 2. The average Bonchev–Trinajstić information content (AvgIpc) is 3.84. The van der Waals surface area contributed by atoms with Gasteiger partial charge >= 0.3 is 0 Å². The minimum atomic E-state index is 0.122. The van der Waals surface area contributed by atoms with Crippen LogP contribution in [0.3, 0.4) is 0 Å². The van der Waals surface area contributed by atoms with E-state index in [1.807, 2.05) is 34.8 Å². The topological polar surface area (TPSA) is 56.3 Å². The molecule has 226 valence electrons. The van der Waals surface area contributed by atoms with Crippen molar-refractivity contribution in [3.8, 4) is 41.4 Å². The maximum absolute atomic E-state index is 9.31. The number of hydrogen-bond donors (Lipinski definition) is 0. The molecule has 6 heterocycles. The Kier molecular flexibility index (Phi) is 9.42. The summed E-state index contributed by atoms with van der Waals surface area (Å²) in [5.74, 6) is 0.962. The highest BCUT2D eigenvalue weighted by Crippen LogP contribution is 2.49. The molecule has 0 aliphatic carbocycles. The van der Waals surface area contributed by atoms with Gasteiger partial charge in [-0.25, -0.2) is 20.2 Å². The molecule has 0 N–H and O–H groups in total. The zero-order valence-corrected chi connectivity index (χ0v) is 30.3. The molecule has 0 amide bonds. The van der Waals surface area contributed by atoms with Gasteiger partial charge in [-0.2, -0.15) is 0 Å². The Hall–Kier alpha value is -3.84. The van der Waals surface area contributed by atoms with E-state index in [-0.39, 0.29) is 11.4 Å². The monoisotopic (exact) mass is 706 g/mol. The SMILES string of the molecule is [C-]#[N+]/C(C#N)=C\c1sc(-c2cc3sc(-c4cc5sc(-c6cc(CC(C)C)c(/C=C(\C#N)[N+]#[C-])s6)cc5s4)cc3s2)cc1CC(C)C. The first-order valence-corrected chi connectivity index (χ1v) is 19.4. The molecule has 0 aliphatic rings. The zero-order chi connectivity index (χ0) is 32.5. The Bertz CT molecular complexity index is 2070. The molecule has 4 nitrogen and oxygen atoms in total. The summed E-state index contributed by atoms with van der Waals surface area (Å²) in [7, 11) is 0. The van der Waals surface area contributed by atoms with Gasteiger partial charge in [0.1, 0.15) is 0 Å². The van der Waals surface area contributed by atoms with E-state index in [0.29, 0.717) is 11.8 Å². The summed E-state index contributed by atoms with van der Waals surface area (Å²) in [6, 6.07) is 17.7. The Balaban J connectivity index is 1.28. The minimum absolute atomic E-state index is 0.122. The molecule has 0 unspecified atom stereocenters. The molecule has 6 aromatic rings. The smallest absolute Gasteiger partial charge is 0.227 e. The maximum Gasteiger partial charge on any atom is 0.263 e. The largest absolute Gasteiger partial charge is 0.263 e. The van der Waals surface area contributed by atoms with E-state index in [9.17, 15) is 10.5 Å². The van der Waals surface area contributed by atoms with Crippen molar-refractivity contribution in [2.45, 2.75) is 40.5 Å². The molecule has 0 aliphatic heterocycles.